The minimum absolute atomic E-state index is 0.191. The van der Waals surface area contributed by atoms with E-state index in [9.17, 15) is 9.59 Å². The largest absolute Gasteiger partial charge is 0.348 e. The van der Waals surface area contributed by atoms with E-state index in [0.717, 1.165) is 10.8 Å². The maximum atomic E-state index is 12.4. The number of hydrogen-bond donors (Lipinski definition) is 2. The first-order valence-electron chi connectivity index (χ1n) is 7.68. The van der Waals surface area contributed by atoms with E-state index in [0.29, 0.717) is 17.9 Å². The molecule has 24 heavy (non-hydrogen) atoms. The summed E-state index contributed by atoms with van der Waals surface area (Å²) in [4.78, 5) is 30.7. The number of aromatic amines is 1. The minimum Gasteiger partial charge on any atom is -0.348 e. The molecule has 0 spiro atoms. The van der Waals surface area contributed by atoms with Crippen molar-refractivity contribution < 1.29 is 4.79 Å². The Balaban J connectivity index is 2.06. The normalized spacial score (nSPS) is 12.1. The van der Waals surface area contributed by atoms with Gasteiger partial charge in [-0.1, -0.05) is 31.2 Å². The number of fused-ring (bicyclic) bond motifs is 1. The number of benzene rings is 1. The van der Waals surface area contributed by atoms with Gasteiger partial charge in [-0.05, 0) is 17.9 Å². The molecule has 2 aromatic heterocycles. The van der Waals surface area contributed by atoms with E-state index in [1.54, 1.807) is 6.20 Å². The van der Waals surface area contributed by atoms with E-state index in [-0.39, 0.29) is 17.2 Å². The lowest BCUT2D eigenvalue weighted by molar-refractivity contribution is -0.119. The fourth-order valence-electron chi connectivity index (χ4n) is 2.60. The first-order chi connectivity index (χ1) is 11.6. The third-order valence-electron chi connectivity index (χ3n) is 3.74. The average molecular weight is 323 g/mol. The first kappa shape index (κ1) is 15.8. The topological polar surface area (TPSA) is 101 Å². The van der Waals surface area contributed by atoms with Crippen LogP contribution in [-0.2, 0) is 4.79 Å². The van der Waals surface area contributed by atoms with Gasteiger partial charge in [0.2, 0.25) is 5.91 Å². The molecule has 122 valence electrons. The van der Waals surface area contributed by atoms with Crippen LogP contribution in [0.5, 0.6) is 0 Å². The summed E-state index contributed by atoms with van der Waals surface area (Å²) in [7, 11) is 0. The number of hydrogen-bond acceptors (Lipinski definition) is 5. The average Bonchev–Trinajstić information content (AvgIpc) is 2.59. The summed E-state index contributed by atoms with van der Waals surface area (Å²) in [5, 5.41) is 12.7. The van der Waals surface area contributed by atoms with Crippen molar-refractivity contribution >= 4 is 16.7 Å². The molecule has 3 rings (SSSR count). The van der Waals surface area contributed by atoms with Crippen molar-refractivity contribution in [2.45, 2.75) is 26.3 Å². The monoisotopic (exact) mass is 323 g/mol. The molecule has 7 nitrogen and oxygen atoms in total. The molecule has 2 heterocycles. The number of carbonyl (C=O) groups excluding carboxylic acids is 1. The number of aromatic nitrogens is 4. The molecule has 0 radical (unpaired) electrons. The maximum absolute atomic E-state index is 12.4. The Hall–Kier alpha value is -3.09. The second kappa shape index (κ2) is 6.57. The summed E-state index contributed by atoms with van der Waals surface area (Å²) in [5.74, 6) is 0.0843. The highest BCUT2D eigenvalue weighted by molar-refractivity contribution is 5.92. The van der Waals surface area contributed by atoms with Gasteiger partial charge in [0, 0.05) is 18.5 Å². The third kappa shape index (κ3) is 3.01. The van der Waals surface area contributed by atoms with Gasteiger partial charge in [-0.3, -0.25) is 14.6 Å². The van der Waals surface area contributed by atoms with E-state index in [1.807, 2.05) is 37.3 Å². The number of carbonyl (C=O) groups is 1. The Morgan fingerprint density at radius 2 is 2.04 bits per heavy atom. The zero-order valence-corrected chi connectivity index (χ0v) is 13.4. The molecule has 7 heteroatoms. The van der Waals surface area contributed by atoms with Crippen LogP contribution in [0, 0.1) is 0 Å². The zero-order valence-electron chi connectivity index (χ0n) is 13.4. The van der Waals surface area contributed by atoms with Gasteiger partial charge in [-0.15, -0.1) is 10.2 Å². The van der Waals surface area contributed by atoms with Gasteiger partial charge in [0.1, 0.15) is 5.69 Å². The molecule has 0 fully saturated rings. The van der Waals surface area contributed by atoms with Gasteiger partial charge >= 0.3 is 0 Å². The maximum Gasteiger partial charge on any atom is 0.275 e. The smallest absolute Gasteiger partial charge is 0.275 e. The van der Waals surface area contributed by atoms with E-state index in [2.05, 4.69) is 25.5 Å². The van der Waals surface area contributed by atoms with Crippen LogP contribution in [-0.4, -0.2) is 26.1 Å². The Morgan fingerprint density at radius 1 is 1.25 bits per heavy atom. The molecular weight excluding hydrogens is 306 g/mol. The molecular formula is C17H17N5O2. The van der Waals surface area contributed by atoms with Gasteiger partial charge in [0.05, 0.1) is 6.04 Å². The standard InChI is InChI=1S/C17H17N5O2/c1-3-13(19-10(2)23)15-17(24)20-16(22-21-15)14-12-7-5-4-6-11(12)8-9-18-14/h4-9,13H,3H2,1-2H3,(H,19,23)(H,20,22,24). The number of nitrogens with one attached hydrogen (secondary N) is 2. The summed E-state index contributed by atoms with van der Waals surface area (Å²) < 4.78 is 0. The molecule has 1 aromatic carbocycles. The van der Waals surface area contributed by atoms with Crippen molar-refractivity contribution in [3.63, 3.8) is 0 Å². The summed E-state index contributed by atoms with van der Waals surface area (Å²) in [6, 6.07) is 9.14. The van der Waals surface area contributed by atoms with E-state index in [4.69, 9.17) is 0 Å². The summed E-state index contributed by atoms with van der Waals surface area (Å²) in [6.07, 6.45) is 2.21. The lowest BCUT2D eigenvalue weighted by Crippen LogP contribution is -2.32. The molecule has 0 bridgehead atoms. The van der Waals surface area contributed by atoms with Gasteiger partial charge in [-0.2, -0.15) is 0 Å². The van der Waals surface area contributed by atoms with Gasteiger partial charge in [0.25, 0.3) is 5.56 Å². The predicted molar refractivity (Wildman–Crippen MR) is 90.2 cm³/mol. The molecule has 3 aromatic rings. The van der Waals surface area contributed by atoms with Crippen LogP contribution in [0.15, 0.2) is 41.3 Å². The molecule has 2 N–H and O–H groups in total. The van der Waals surface area contributed by atoms with Crippen molar-refractivity contribution in [2.24, 2.45) is 0 Å². The predicted octanol–water partition coefficient (Wildman–Crippen LogP) is 1.97. The summed E-state index contributed by atoms with van der Waals surface area (Å²) >= 11 is 0. The second-order valence-corrected chi connectivity index (χ2v) is 5.43. The van der Waals surface area contributed by atoms with Crippen molar-refractivity contribution in [3.8, 4) is 11.5 Å². The van der Waals surface area contributed by atoms with Crippen LogP contribution in [0.25, 0.3) is 22.3 Å². The fraction of sp³-hybridized carbons (Fsp3) is 0.235. The Morgan fingerprint density at radius 3 is 2.75 bits per heavy atom. The lowest BCUT2D eigenvalue weighted by Gasteiger charge is -2.14. The second-order valence-electron chi connectivity index (χ2n) is 5.43. The molecule has 0 saturated heterocycles. The lowest BCUT2D eigenvalue weighted by atomic mass is 10.1. The summed E-state index contributed by atoms with van der Waals surface area (Å²) in [5.41, 5.74) is 0.379. The van der Waals surface area contributed by atoms with Crippen LogP contribution in [0.3, 0.4) is 0 Å². The van der Waals surface area contributed by atoms with E-state index >= 15 is 0 Å². The van der Waals surface area contributed by atoms with Gasteiger partial charge < -0.3 is 10.3 Å². The number of rotatable bonds is 4. The SMILES string of the molecule is CCC(NC(C)=O)c1nnc(-c2nccc3ccccc23)[nH]c1=O. The molecule has 1 atom stereocenters. The molecule has 0 aliphatic carbocycles. The van der Waals surface area contributed by atoms with Crippen LogP contribution >= 0.6 is 0 Å². The molecule has 1 amide bonds. The molecule has 0 saturated carbocycles. The number of pyridine rings is 1. The Kier molecular flexibility index (Phi) is 4.33. The van der Waals surface area contributed by atoms with Crippen LogP contribution in [0.4, 0.5) is 0 Å². The molecule has 1 unspecified atom stereocenters. The first-order valence-corrected chi connectivity index (χ1v) is 7.68. The number of amides is 1. The van der Waals surface area contributed by atoms with Crippen LogP contribution < -0.4 is 10.9 Å². The minimum atomic E-state index is -0.465. The Labute approximate surface area is 138 Å². The number of H-pyrrole nitrogens is 1. The van der Waals surface area contributed by atoms with Crippen LogP contribution in [0.1, 0.15) is 32.0 Å². The van der Waals surface area contributed by atoms with Gasteiger partial charge in [0.15, 0.2) is 11.5 Å². The third-order valence-corrected chi connectivity index (χ3v) is 3.74. The number of nitrogens with zero attached hydrogens (tertiary/aromatic N) is 3. The quantitative estimate of drug-likeness (QED) is 0.764. The van der Waals surface area contributed by atoms with Crippen molar-refractivity contribution in [1.29, 1.82) is 0 Å². The van der Waals surface area contributed by atoms with E-state index in [1.165, 1.54) is 6.92 Å². The van der Waals surface area contributed by atoms with Crippen molar-refractivity contribution in [1.82, 2.24) is 25.5 Å². The molecule has 0 aliphatic heterocycles. The fourth-order valence-corrected chi connectivity index (χ4v) is 2.60. The van der Waals surface area contributed by atoms with Gasteiger partial charge in [-0.25, -0.2) is 0 Å². The Bertz CT molecular complexity index is 946. The van der Waals surface area contributed by atoms with Crippen molar-refractivity contribution in [2.75, 3.05) is 0 Å². The highest BCUT2D eigenvalue weighted by Gasteiger charge is 2.18. The summed E-state index contributed by atoms with van der Waals surface area (Å²) in [6.45, 7) is 3.26. The zero-order chi connectivity index (χ0) is 17.1. The van der Waals surface area contributed by atoms with Crippen LogP contribution in [0.2, 0.25) is 0 Å². The molecule has 0 aliphatic rings. The highest BCUT2D eigenvalue weighted by atomic mass is 16.1. The van der Waals surface area contributed by atoms with E-state index < -0.39 is 6.04 Å². The van der Waals surface area contributed by atoms with Crippen molar-refractivity contribution in [3.05, 3.63) is 52.6 Å². The highest BCUT2D eigenvalue weighted by Crippen LogP contribution is 2.22.